The average Bonchev–Trinajstić information content (AvgIpc) is 2.75. The van der Waals surface area contributed by atoms with Crippen molar-refractivity contribution in [3.8, 4) is 0 Å². The minimum atomic E-state index is -0.185. The predicted octanol–water partition coefficient (Wildman–Crippen LogP) is -1.13. The molecule has 0 aromatic carbocycles. The zero-order valence-electron chi connectivity index (χ0n) is 8.07. The summed E-state index contributed by atoms with van der Waals surface area (Å²) in [5.74, 6) is -0.180. The number of ether oxygens (including phenoxy) is 2. The largest absolute Gasteiger partial charge is 0.379 e. The molecule has 0 aliphatic carbocycles. The maximum Gasteiger partial charge on any atom is 0.227 e. The van der Waals surface area contributed by atoms with Crippen LogP contribution in [-0.2, 0) is 14.3 Å². The lowest BCUT2D eigenvalue weighted by molar-refractivity contribution is -0.125. The van der Waals surface area contributed by atoms with Gasteiger partial charge in [0.15, 0.2) is 0 Å². The minimum Gasteiger partial charge on any atom is -0.379 e. The summed E-state index contributed by atoms with van der Waals surface area (Å²) in [7, 11) is 0. The third-order valence-electron chi connectivity index (χ3n) is 2.74. The molecule has 0 aromatic rings. The van der Waals surface area contributed by atoms with Gasteiger partial charge in [-0.1, -0.05) is 0 Å². The van der Waals surface area contributed by atoms with Gasteiger partial charge in [0.2, 0.25) is 5.91 Å². The lowest BCUT2D eigenvalue weighted by Gasteiger charge is -2.16. The fourth-order valence-electron chi connectivity index (χ4n) is 1.80. The Morgan fingerprint density at radius 1 is 1.29 bits per heavy atom. The molecule has 0 aromatic heterocycles. The second-order valence-electron chi connectivity index (χ2n) is 3.88. The van der Waals surface area contributed by atoms with Gasteiger partial charge >= 0.3 is 0 Å². The Balaban J connectivity index is 1.82. The van der Waals surface area contributed by atoms with Crippen molar-refractivity contribution < 1.29 is 14.3 Å². The van der Waals surface area contributed by atoms with E-state index in [9.17, 15) is 4.79 Å². The Morgan fingerprint density at radius 2 is 2.14 bits per heavy atom. The topological polar surface area (TPSA) is 73.6 Å². The molecule has 0 bridgehead atoms. The third-order valence-corrected chi connectivity index (χ3v) is 2.74. The van der Waals surface area contributed by atoms with Gasteiger partial charge < -0.3 is 20.5 Å². The van der Waals surface area contributed by atoms with Crippen LogP contribution in [0.1, 0.15) is 6.42 Å². The maximum atomic E-state index is 11.7. The highest BCUT2D eigenvalue weighted by atomic mass is 16.5. The zero-order valence-corrected chi connectivity index (χ0v) is 8.07. The zero-order chi connectivity index (χ0) is 9.97. The van der Waals surface area contributed by atoms with E-state index in [-0.39, 0.29) is 23.9 Å². The molecule has 5 heteroatoms. The van der Waals surface area contributed by atoms with Crippen molar-refractivity contribution in [2.75, 3.05) is 26.4 Å². The van der Waals surface area contributed by atoms with Gasteiger partial charge in [-0.3, -0.25) is 4.79 Å². The molecule has 2 fully saturated rings. The van der Waals surface area contributed by atoms with E-state index in [1.54, 1.807) is 0 Å². The van der Waals surface area contributed by atoms with Crippen molar-refractivity contribution in [3.05, 3.63) is 0 Å². The van der Waals surface area contributed by atoms with Gasteiger partial charge in [0.1, 0.15) is 0 Å². The Labute approximate surface area is 82.9 Å². The van der Waals surface area contributed by atoms with Crippen molar-refractivity contribution in [3.63, 3.8) is 0 Å². The van der Waals surface area contributed by atoms with E-state index < -0.39 is 0 Å². The smallest absolute Gasteiger partial charge is 0.227 e. The summed E-state index contributed by atoms with van der Waals surface area (Å²) in [6.45, 7) is 2.28. The van der Waals surface area contributed by atoms with Crippen molar-refractivity contribution in [1.82, 2.24) is 5.32 Å². The van der Waals surface area contributed by atoms with Crippen LogP contribution in [0.5, 0.6) is 0 Å². The first-order valence-electron chi connectivity index (χ1n) is 4.99. The Kier molecular flexibility index (Phi) is 3.00. The van der Waals surface area contributed by atoms with Crippen LogP contribution in [0.2, 0.25) is 0 Å². The van der Waals surface area contributed by atoms with Crippen LogP contribution in [0.15, 0.2) is 0 Å². The van der Waals surface area contributed by atoms with Crippen molar-refractivity contribution in [2.45, 2.75) is 18.5 Å². The molecule has 3 atom stereocenters. The number of amides is 1. The molecular weight excluding hydrogens is 184 g/mol. The van der Waals surface area contributed by atoms with Crippen LogP contribution in [-0.4, -0.2) is 44.4 Å². The van der Waals surface area contributed by atoms with Crippen LogP contribution in [0, 0.1) is 5.92 Å². The molecule has 5 nitrogen and oxygen atoms in total. The highest BCUT2D eigenvalue weighted by molar-refractivity contribution is 5.80. The number of nitrogens with one attached hydrogen (secondary N) is 1. The van der Waals surface area contributed by atoms with Crippen LogP contribution >= 0.6 is 0 Å². The molecule has 0 saturated carbocycles. The summed E-state index contributed by atoms with van der Waals surface area (Å²) in [6.07, 6.45) is 0.897. The first-order valence-corrected chi connectivity index (χ1v) is 4.99. The lowest BCUT2D eigenvalue weighted by Crippen LogP contribution is -2.45. The molecule has 0 radical (unpaired) electrons. The number of hydrogen-bond acceptors (Lipinski definition) is 4. The van der Waals surface area contributed by atoms with E-state index in [4.69, 9.17) is 15.2 Å². The average molecular weight is 200 g/mol. The maximum absolute atomic E-state index is 11.7. The highest BCUT2D eigenvalue weighted by Gasteiger charge is 2.32. The number of carbonyl (C=O) groups is 1. The number of carbonyl (C=O) groups excluding carboxylic acids is 1. The standard InChI is InChI=1S/C9H16N2O3/c10-8-5-14-4-7(8)9(12)11-6-1-2-13-3-6/h6-8H,1-5,10H2,(H,11,12). The molecule has 0 spiro atoms. The Bertz CT molecular complexity index is 216. The van der Waals surface area contributed by atoms with Gasteiger partial charge in [-0.2, -0.15) is 0 Å². The molecule has 2 rings (SSSR count). The molecule has 2 heterocycles. The molecule has 2 aliphatic rings. The van der Waals surface area contributed by atoms with E-state index in [0.29, 0.717) is 19.8 Å². The summed E-state index contributed by atoms with van der Waals surface area (Å²) < 4.78 is 10.3. The second-order valence-corrected chi connectivity index (χ2v) is 3.88. The summed E-state index contributed by atoms with van der Waals surface area (Å²) in [4.78, 5) is 11.7. The van der Waals surface area contributed by atoms with E-state index in [1.807, 2.05) is 0 Å². The van der Waals surface area contributed by atoms with Gasteiger partial charge in [0.05, 0.1) is 31.8 Å². The molecule has 80 valence electrons. The molecule has 3 unspecified atom stereocenters. The summed E-state index contributed by atoms with van der Waals surface area (Å²) in [6, 6.07) is 0.00706. The first kappa shape index (κ1) is 9.89. The molecular formula is C9H16N2O3. The normalized spacial score (nSPS) is 37.4. The third kappa shape index (κ3) is 2.05. The summed E-state index contributed by atoms with van der Waals surface area (Å²) >= 11 is 0. The van der Waals surface area contributed by atoms with E-state index >= 15 is 0 Å². The summed E-state index contributed by atoms with van der Waals surface area (Å²) in [5, 5.41) is 2.93. The highest BCUT2D eigenvalue weighted by Crippen LogP contribution is 2.13. The fourth-order valence-corrected chi connectivity index (χ4v) is 1.80. The number of rotatable bonds is 2. The predicted molar refractivity (Wildman–Crippen MR) is 49.7 cm³/mol. The molecule has 2 saturated heterocycles. The lowest BCUT2D eigenvalue weighted by atomic mass is 10.0. The minimum absolute atomic E-state index is 0.00509. The van der Waals surface area contributed by atoms with Gasteiger partial charge in [-0.15, -0.1) is 0 Å². The quantitative estimate of drug-likeness (QED) is 0.591. The van der Waals surface area contributed by atoms with Crippen LogP contribution < -0.4 is 11.1 Å². The van der Waals surface area contributed by atoms with Gasteiger partial charge in [-0.05, 0) is 6.42 Å². The van der Waals surface area contributed by atoms with Gasteiger partial charge in [-0.25, -0.2) is 0 Å². The van der Waals surface area contributed by atoms with Crippen molar-refractivity contribution in [2.24, 2.45) is 11.7 Å². The Morgan fingerprint density at radius 3 is 2.71 bits per heavy atom. The molecule has 14 heavy (non-hydrogen) atoms. The SMILES string of the molecule is NC1COCC1C(=O)NC1CCOC1. The van der Waals surface area contributed by atoms with Crippen LogP contribution in [0.3, 0.4) is 0 Å². The van der Waals surface area contributed by atoms with Gasteiger partial charge in [0.25, 0.3) is 0 Å². The van der Waals surface area contributed by atoms with Crippen LogP contribution in [0.25, 0.3) is 0 Å². The van der Waals surface area contributed by atoms with Crippen molar-refractivity contribution in [1.29, 1.82) is 0 Å². The second kappa shape index (κ2) is 4.25. The summed E-state index contributed by atoms with van der Waals surface area (Å²) in [5.41, 5.74) is 5.74. The Hall–Kier alpha value is -0.650. The molecule has 3 N–H and O–H groups in total. The fraction of sp³-hybridized carbons (Fsp3) is 0.889. The molecule has 1 amide bonds. The van der Waals surface area contributed by atoms with Gasteiger partial charge in [0, 0.05) is 12.6 Å². The van der Waals surface area contributed by atoms with Crippen LogP contribution in [0.4, 0.5) is 0 Å². The van der Waals surface area contributed by atoms with Crippen molar-refractivity contribution >= 4 is 5.91 Å². The van der Waals surface area contributed by atoms with E-state index in [2.05, 4.69) is 5.32 Å². The van der Waals surface area contributed by atoms with E-state index in [1.165, 1.54) is 0 Å². The first-order chi connectivity index (χ1) is 6.77. The van der Waals surface area contributed by atoms with E-state index in [0.717, 1.165) is 13.0 Å². The molecule has 2 aliphatic heterocycles. The number of hydrogen-bond donors (Lipinski definition) is 2. The number of nitrogens with two attached hydrogens (primary N) is 1. The monoisotopic (exact) mass is 200 g/mol.